The van der Waals surface area contributed by atoms with Crippen molar-refractivity contribution in [3.63, 3.8) is 0 Å². The Labute approximate surface area is 223 Å². The molecule has 38 heavy (non-hydrogen) atoms. The lowest BCUT2D eigenvalue weighted by Gasteiger charge is -2.37. The second-order valence-corrected chi connectivity index (χ2v) is 10.3. The molecule has 1 saturated carbocycles. The van der Waals surface area contributed by atoms with E-state index in [0.29, 0.717) is 35.6 Å². The molecule has 1 fully saturated rings. The van der Waals surface area contributed by atoms with E-state index in [1.165, 1.54) is 0 Å². The molecule has 2 aromatic carbocycles. The molecule has 1 heterocycles. The van der Waals surface area contributed by atoms with Crippen LogP contribution in [0.25, 0.3) is 0 Å². The normalized spacial score (nSPS) is 23.5. The highest BCUT2D eigenvalue weighted by molar-refractivity contribution is 6.09. The standard InChI is InChI=1S/C31H35NO6/c1-18-28(31(34)38-22-7-5-6-8-22)29(24-17-23(36-3)13-14-27(24)37-4)30-25(32-18)15-20(16-26(30)33)19-9-11-21(35-2)12-10-19/h9-14,17,20,22,28-29H,5-8,15-16H2,1-4H3/t20-,28?,29-/m0/s1. The molecule has 2 aromatic rings. The minimum Gasteiger partial charge on any atom is -0.497 e. The lowest BCUT2D eigenvalue weighted by atomic mass is 9.69. The van der Waals surface area contributed by atoms with Crippen LogP contribution in [0.4, 0.5) is 0 Å². The first-order valence-electron chi connectivity index (χ1n) is 13.3. The van der Waals surface area contributed by atoms with E-state index in [9.17, 15) is 9.59 Å². The summed E-state index contributed by atoms with van der Waals surface area (Å²) < 4.78 is 22.5. The van der Waals surface area contributed by atoms with Crippen molar-refractivity contribution < 1.29 is 28.5 Å². The number of rotatable bonds is 7. The molecule has 0 aromatic heterocycles. The van der Waals surface area contributed by atoms with E-state index < -0.39 is 11.8 Å². The van der Waals surface area contributed by atoms with Crippen LogP contribution >= 0.6 is 0 Å². The number of allylic oxidation sites excluding steroid dienone is 2. The van der Waals surface area contributed by atoms with Gasteiger partial charge in [0, 0.05) is 34.9 Å². The molecule has 0 N–H and O–H groups in total. The molecule has 0 bridgehead atoms. The number of nitrogens with zero attached hydrogens (tertiary/aromatic N) is 1. The van der Waals surface area contributed by atoms with Crippen LogP contribution < -0.4 is 14.2 Å². The van der Waals surface area contributed by atoms with Gasteiger partial charge in [0.2, 0.25) is 0 Å². The van der Waals surface area contributed by atoms with Crippen molar-refractivity contribution >= 4 is 17.5 Å². The zero-order chi connectivity index (χ0) is 26.8. The van der Waals surface area contributed by atoms with E-state index in [2.05, 4.69) is 0 Å². The molecule has 0 radical (unpaired) electrons. The Morgan fingerprint density at radius 3 is 2.24 bits per heavy atom. The van der Waals surface area contributed by atoms with Gasteiger partial charge in [-0.15, -0.1) is 0 Å². The molecule has 0 saturated heterocycles. The van der Waals surface area contributed by atoms with Crippen molar-refractivity contribution in [3.05, 3.63) is 64.9 Å². The van der Waals surface area contributed by atoms with Crippen LogP contribution in [0.15, 0.2) is 58.7 Å². The van der Waals surface area contributed by atoms with Gasteiger partial charge in [0.25, 0.3) is 0 Å². The van der Waals surface area contributed by atoms with E-state index in [1.54, 1.807) is 21.3 Å². The molecule has 1 aliphatic heterocycles. The fraction of sp³-hybridized carbons (Fsp3) is 0.452. The largest absolute Gasteiger partial charge is 0.497 e. The number of hydrogen-bond acceptors (Lipinski definition) is 7. The average molecular weight is 518 g/mol. The van der Waals surface area contributed by atoms with Crippen molar-refractivity contribution in [3.8, 4) is 17.2 Å². The van der Waals surface area contributed by atoms with Gasteiger partial charge in [0.15, 0.2) is 5.78 Å². The second-order valence-electron chi connectivity index (χ2n) is 10.3. The molecule has 0 amide bonds. The van der Waals surface area contributed by atoms with Gasteiger partial charge in [-0.1, -0.05) is 12.1 Å². The van der Waals surface area contributed by atoms with E-state index in [0.717, 1.165) is 48.3 Å². The van der Waals surface area contributed by atoms with Crippen molar-refractivity contribution in [2.45, 2.75) is 63.4 Å². The maximum absolute atomic E-state index is 13.9. The number of benzene rings is 2. The monoisotopic (exact) mass is 517 g/mol. The minimum absolute atomic E-state index is 0.00134. The molecule has 3 atom stereocenters. The van der Waals surface area contributed by atoms with Gasteiger partial charge in [-0.05, 0) is 80.8 Å². The molecule has 3 aliphatic rings. The summed E-state index contributed by atoms with van der Waals surface area (Å²) in [4.78, 5) is 32.5. The van der Waals surface area contributed by atoms with Crippen LogP contribution in [-0.2, 0) is 14.3 Å². The topological polar surface area (TPSA) is 83.4 Å². The fourth-order valence-electron chi connectivity index (χ4n) is 6.14. The summed E-state index contributed by atoms with van der Waals surface area (Å²) in [6, 6.07) is 13.3. The number of carbonyl (C=O) groups excluding carboxylic acids is 2. The van der Waals surface area contributed by atoms with Crippen LogP contribution in [0.2, 0.25) is 0 Å². The number of carbonyl (C=O) groups is 2. The summed E-state index contributed by atoms with van der Waals surface area (Å²) in [5.41, 5.74) is 3.78. The number of ether oxygens (including phenoxy) is 4. The molecular weight excluding hydrogens is 482 g/mol. The van der Waals surface area contributed by atoms with Gasteiger partial charge in [-0.3, -0.25) is 14.6 Å². The van der Waals surface area contributed by atoms with Crippen molar-refractivity contribution in [1.82, 2.24) is 0 Å². The lowest BCUT2D eigenvalue weighted by Crippen LogP contribution is -2.39. The SMILES string of the molecule is COc1ccc([C@@H]2CC(=O)C3=C(C2)N=C(C)C(C(=O)OC2CCCC2)[C@@H]3c2cc(OC)ccc2OC)cc1. The second kappa shape index (κ2) is 11.0. The Hall–Kier alpha value is -3.61. The number of esters is 1. The van der Waals surface area contributed by atoms with Gasteiger partial charge in [-0.25, -0.2) is 0 Å². The summed E-state index contributed by atoms with van der Waals surface area (Å²) in [6.45, 7) is 1.87. The summed E-state index contributed by atoms with van der Waals surface area (Å²) in [7, 11) is 4.83. The van der Waals surface area contributed by atoms with Crippen molar-refractivity contribution in [1.29, 1.82) is 0 Å². The number of methoxy groups -OCH3 is 3. The third-order valence-electron chi connectivity index (χ3n) is 8.09. The average Bonchev–Trinajstić information content (AvgIpc) is 3.44. The lowest BCUT2D eigenvalue weighted by molar-refractivity contribution is -0.151. The quantitative estimate of drug-likeness (QED) is 0.434. The number of aliphatic imine (C=N–C) groups is 1. The maximum Gasteiger partial charge on any atom is 0.315 e. The summed E-state index contributed by atoms with van der Waals surface area (Å²) in [5, 5.41) is 0. The van der Waals surface area contributed by atoms with Crippen LogP contribution in [0, 0.1) is 5.92 Å². The Kier molecular flexibility index (Phi) is 7.54. The first kappa shape index (κ1) is 26.0. The first-order valence-corrected chi connectivity index (χ1v) is 13.3. The third kappa shape index (κ3) is 4.94. The molecule has 200 valence electrons. The first-order chi connectivity index (χ1) is 18.4. The third-order valence-corrected chi connectivity index (χ3v) is 8.09. The van der Waals surface area contributed by atoms with Gasteiger partial charge < -0.3 is 18.9 Å². The summed E-state index contributed by atoms with van der Waals surface area (Å²) in [6.07, 6.45) is 4.73. The van der Waals surface area contributed by atoms with E-state index in [-0.39, 0.29) is 23.8 Å². The van der Waals surface area contributed by atoms with Crippen molar-refractivity contribution in [2.24, 2.45) is 10.9 Å². The van der Waals surface area contributed by atoms with Gasteiger partial charge >= 0.3 is 5.97 Å². The fourth-order valence-corrected chi connectivity index (χ4v) is 6.14. The highest BCUT2D eigenvalue weighted by Gasteiger charge is 2.46. The van der Waals surface area contributed by atoms with E-state index in [1.807, 2.05) is 49.4 Å². The number of ketones is 1. The Balaban J connectivity index is 1.58. The van der Waals surface area contributed by atoms with Crippen LogP contribution in [-0.4, -0.2) is 44.9 Å². The summed E-state index contributed by atoms with van der Waals surface area (Å²) in [5.74, 6) is 0.394. The van der Waals surface area contributed by atoms with Crippen LogP contribution in [0.1, 0.15) is 68.4 Å². The van der Waals surface area contributed by atoms with Gasteiger partial charge in [0.1, 0.15) is 29.3 Å². The molecule has 7 nitrogen and oxygen atoms in total. The zero-order valence-corrected chi connectivity index (χ0v) is 22.5. The minimum atomic E-state index is -0.711. The number of hydrogen-bond donors (Lipinski definition) is 0. The Bertz CT molecular complexity index is 1270. The number of Topliss-reactive ketones (excluding diaryl/α,β-unsaturated/α-hetero) is 1. The molecule has 5 rings (SSSR count). The van der Waals surface area contributed by atoms with Gasteiger partial charge in [-0.2, -0.15) is 0 Å². The smallest absolute Gasteiger partial charge is 0.315 e. The summed E-state index contributed by atoms with van der Waals surface area (Å²) >= 11 is 0. The molecule has 7 heteroatoms. The Morgan fingerprint density at radius 2 is 1.58 bits per heavy atom. The molecule has 2 aliphatic carbocycles. The zero-order valence-electron chi connectivity index (χ0n) is 22.5. The van der Waals surface area contributed by atoms with Gasteiger partial charge in [0.05, 0.1) is 21.3 Å². The molecule has 0 spiro atoms. The Morgan fingerprint density at radius 1 is 0.895 bits per heavy atom. The molecule has 1 unspecified atom stereocenters. The highest BCUT2D eigenvalue weighted by atomic mass is 16.5. The highest BCUT2D eigenvalue weighted by Crippen LogP contribution is 2.49. The van der Waals surface area contributed by atoms with Crippen molar-refractivity contribution in [2.75, 3.05) is 21.3 Å². The maximum atomic E-state index is 13.9. The van der Waals surface area contributed by atoms with Crippen LogP contribution in [0.5, 0.6) is 17.2 Å². The molecular formula is C31H35NO6. The predicted molar refractivity (Wildman–Crippen MR) is 144 cm³/mol. The van der Waals surface area contributed by atoms with E-state index in [4.69, 9.17) is 23.9 Å². The van der Waals surface area contributed by atoms with E-state index >= 15 is 0 Å². The van der Waals surface area contributed by atoms with Crippen LogP contribution in [0.3, 0.4) is 0 Å². The predicted octanol–water partition coefficient (Wildman–Crippen LogP) is 5.77.